The number of aromatic nitrogens is 1. The second kappa shape index (κ2) is 6.70. The second-order valence-corrected chi connectivity index (χ2v) is 6.05. The van der Waals surface area contributed by atoms with Gasteiger partial charge in [0.2, 0.25) is 0 Å². The molecule has 5 nitrogen and oxygen atoms in total. The first-order valence-electron chi connectivity index (χ1n) is 6.85. The zero-order valence-corrected chi connectivity index (χ0v) is 13.8. The number of hydrogen-bond donors (Lipinski definition) is 1. The molecule has 2 rings (SSSR count). The number of nitrogens with one attached hydrogen (secondary N) is 1. The maximum atomic E-state index is 11.9. The number of Topliss-reactive ketones (excluding diaryl/α,β-unsaturated/α-hetero) is 1. The molecule has 2 aromatic rings. The lowest BCUT2D eigenvalue weighted by Crippen LogP contribution is -2.20. The predicted molar refractivity (Wildman–Crippen MR) is 86.9 cm³/mol. The van der Waals surface area contributed by atoms with E-state index in [0.29, 0.717) is 15.7 Å². The summed E-state index contributed by atoms with van der Waals surface area (Å²) in [5.41, 5.74) is 2.59. The summed E-state index contributed by atoms with van der Waals surface area (Å²) in [6.45, 7) is 7.00. The first-order valence-corrected chi connectivity index (χ1v) is 7.67. The molecular formula is C16H18N2O3S. The standard InChI is InChI=1S/C16H18N2O3S/c1-9-6-5-7-10(2)14(9)21-8-13(20)18-16-17-11(3)15(22-16)12(4)19/h5-7H,8H2,1-4H3,(H,17,18,20). The fourth-order valence-electron chi connectivity index (χ4n) is 2.10. The van der Waals surface area contributed by atoms with E-state index in [0.717, 1.165) is 16.9 Å². The van der Waals surface area contributed by atoms with E-state index in [-0.39, 0.29) is 18.3 Å². The Labute approximate surface area is 133 Å². The van der Waals surface area contributed by atoms with Gasteiger partial charge in [-0.2, -0.15) is 0 Å². The van der Waals surface area contributed by atoms with Crippen molar-refractivity contribution >= 4 is 28.2 Å². The molecule has 116 valence electrons. The van der Waals surface area contributed by atoms with Crippen LogP contribution in [0.25, 0.3) is 0 Å². The first kappa shape index (κ1) is 16.2. The summed E-state index contributed by atoms with van der Waals surface area (Å²) < 4.78 is 5.58. The number of rotatable bonds is 5. The van der Waals surface area contributed by atoms with E-state index in [4.69, 9.17) is 4.74 Å². The van der Waals surface area contributed by atoms with Crippen molar-refractivity contribution in [1.29, 1.82) is 0 Å². The molecule has 0 aliphatic carbocycles. The maximum Gasteiger partial charge on any atom is 0.264 e. The number of aryl methyl sites for hydroxylation is 3. The fourth-order valence-corrected chi connectivity index (χ4v) is 2.97. The molecule has 0 saturated carbocycles. The van der Waals surface area contributed by atoms with Gasteiger partial charge in [0.05, 0.1) is 10.6 Å². The quantitative estimate of drug-likeness (QED) is 0.859. The molecule has 22 heavy (non-hydrogen) atoms. The van der Waals surface area contributed by atoms with Gasteiger partial charge in [0.15, 0.2) is 17.5 Å². The molecule has 1 heterocycles. The molecule has 1 aromatic carbocycles. The number of hydrogen-bond acceptors (Lipinski definition) is 5. The van der Waals surface area contributed by atoms with Crippen LogP contribution in [0.3, 0.4) is 0 Å². The fraction of sp³-hybridized carbons (Fsp3) is 0.312. The molecule has 1 aromatic heterocycles. The Kier molecular flexibility index (Phi) is 4.92. The summed E-state index contributed by atoms with van der Waals surface area (Å²) in [6.07, 6.45) is 0. The molecule has 0 bridgehead atoms. The van der Waals surface area contributed by atoms with Gasteiger partial charge in [-0.25, -0.2) is 4.98 Å². The van der Waals surface area contributed by atoms with Crippen molar-refractivity contribution in [2.45, 2.75) is 27.7 Å². The highest BCUT2D eigenvalue weighted by Crippen LogP contribution is 2.24. The van der Waals surface area contributed by atoms with Crippen LogP contribution in [0.4, 0.5) is 5.13 Å². The highest BCUT2D eigenvalue weighted by atomic mass is 32.1. The van der Waals surface area contributed by atoms with Crippen LogP contribution < -0.4 is 10.1 Å². The van der Waals surface area contributed by atoms with Crippen LogP contribution in [0.15, 0.2) is 18.2 Å². The van der Waals surface area contributed by atoms with Gasteiger partial charge >= 0.3 is 0 Å². The van der Waals surface area contributed by atoms with Gasteiger partial charge in [-0.3, -0.25) is 14.9 Å². The van der Waals surface area contributed by atoms with Crippen LogP contribution in [-0.4, -0.2) is 23.3 Å². The first-order chi connectivity index (χ1) is 10.4. The summed E-state index contributed by atoms with van der Waals surface area (Å²) in [7, 11) is 0. The summed E-state index contributed by atoms with van der Waals surface area (Å²) in [4.78, 5) is 28.1. The number of carbonyl (C=O) groups is 2. The number of nitrogens with zero attached hydrogens (tertiary/aromatic N) is 1. The van der Waals surface area contributed by atoms with E-state index in [1.165, 1.54) is 18.3 Å². The van der Waals surface area contributed by atoms with Crippen molar-refractivity contribution in [2.24, 2.45) is 0 Å². The van der Waals surface area contributed by atoms with Crippen LogP contribution in [0.1, 0.15) is 33.4 Å². The minimum atomic E-state index is -0.300. The Bertz CT molecular complexity index is 702. The van der Waals surface area contributed by atoms with Gasteiger partial charge in [-0.05, 0) is 31.9 Å². The average Bonchev–Trinajstić information content (AvgIpc) is 2.79. The Morgan fingerprint density at radius 3 is 2.41 bits per heavy atom. The van der Waals surface area contributed by atoms with Gasteiger partial charge in [0, 0.05) is 6.92 Å². The van der Waals surface area contributed by atoms with E-state index in [1.807, 2.05) is 32.0 Å². The minimum absolute atomic E-state index is 0.0534. The zero-order chi connectivity index (χ0) is 16.3. The van der Waals surface area contributed by atoms with E-state index in [9.17, 15) is 9.59 Å². The Morgan fingerprint density at radius 2 is 1.86 bits per heavy atom. The molecular weight excluding hydrogens is 300 g/mol. The third kappa shape index (κ3) is 3.71. The molecule has 0 atom stereocenters. The predicted octanol–water partition coefficient (Wildman–Crippen LogP) is 3.29. The maximum absolute atomic E-state index is 11.9. The number of ether oxygens (including phenoxy) is 1. The molecule has 0 saturated heterocycles. The van der Waals surface area contributed by atoms with Crippen LogP contribution in [0.5, 0.6) is 5.75 Å². The molecule has 0 aliphatic heterocycles. The van der Waals surface area contributed by atoms with E-state index < -0.39 is 0 Å². The third-order valence-electron chi connectivity index (χ3n) is 3.12. The van der Waals surface area contributed by atoms with Crippen molar-refractivity contribution in [3.63, 3.8) is 0 Å². The number of ketones is 1. The Morgan fingerprint density at radius 1 is 1.23 bits per heavy atom. The number of amides is 1. The summed E-state index contributed by atoms with van der Waals surface area (Å²) in [6, 6.07) is 5.81. The van der Waals surface area contributed by atoms with Gasteiger partial charge in [-0.15, -0.1) is 0 Å². The van der Waals surface area contributed by atoms with Crippen LogP contribution in [0.2, 0.25) is 0 Å². The van der Waals surface area contributed by atoms with Crippen molar-refractivity contribution < 1.29 is 14.3 Å². The molecule has 1 amide bonds. The monoisotopic (exact) mass is 318 g/mol. The van der Waals surface area contributed by atoms with E-state index in [1.54, 1.807) is 6.92 Å². The van der Waals surface area contributed by atoms with E-state index in [2.05, 4.69) is 10.3 Å². The lowest BCUT2D eigenvalue weighted by atomic mass is 10.1. The summed E-state index contributed by atoms with van der Waals surface area (Å²) in [5.74, 6) is 0.367. The number of anilines is 1. The lowest BCUT2D eigenvalue weighted by Gasteiger charge is -2.11. The molecule has 0 spiro atoms. The molecule has 0 unspecified atom stereocenters. The summed E-state index contributed by atoms with van der Waals surface area (Å²) in [5, 5.41) is 3.07. The molecule has 0 aliphatic rings. The Hall–Kier alpha value is -2.21. The molecule has 6 heteroatoms. The molecule has 0 fully saturated rings. The number of thiazole rings is 1. The minimum Gasteiger partial charge on any atom is -0.483 e. The highest BCUT2D eigenvalue weighted by molar-refractivity contribution is 7.17. The van der Waals surface area contributed by atoms with Gasteiger partial charge in [0.1, 0.15) is 5.75 Å². The number of para-hydroxylation sites is 1. The average molecular weight is 318 g/mol. The topological polar surface area (TPSA) is 68.3 Å². The smallest absolute Gasteiger partial charge is 0.264 e. The van der Waals surface area contributed by atoms with Gasteiger partial charge in [0.25, 0.3) is 5.91 Å². The number of carbonyl (C=O) groups excluding carboxylic acids is 2. The largest absolute Gasteiger partial charge is 0.483 e. The van der Waals surface area contributed by atoms with Gasteiger partial charge < -0.3 is 4.74 Å². The lowest BCUT2D eigenvalue weighted by molar-refractivity contribution is -0.118. The highest BCUT2D eigenvalue weighted by Gasteiger charge is 2.14. The van der Waals surface area contributed by atoms with Crippen LogP contribution in [0, 0.1) is 20.8 Å². The van der Waals surface area contributed by atoms with Crippen molar-refractivity contribution in [2.75, 3.05) is 11.9 Å². The van der Waals surface area contributed by atoms with Crippen LogP contribution >= 0.6 is 11.3 Å². The van der Waals surface area contributed by atoms with Gasteiger partial charge in [-0.1, -0.05) is 29.5 Å². The zero-order valence-electron chi connectivity index (χ0n) is 13.0. The SMILES string of the molecule is CC(=O)c1sc(NC(=O)COc2c(C)cccc2C)nc1C. The van der Waals surface area contributed by atoms with Crippen LogP contribution in [-0.2, 0) is 4.79 Å². The summed E-state index contributed by atoms with van der Waals surface area (Å²) >= 11 is 1.18. The van der Waals surface area contributed by atoms with E-state index >= 15 is 0 Å². The Balaban J connectivity index is 1.99. The molecule has 1 N–H and O–H groups in total. The van der Waals surface area contributed by atoms with Crippen molar-refractivity contribution in [1.82, 2.24) is 4.98 Å². The molecule has 0 radical (unpaired) electrons. The van der Waals surface area contributed by atoms with Crippen molar-refractivity contribution in [3.8, 4) is 5.75 Å². The third-order valence-corrected chi connectivity index (χ3v) is 4.29. The second-order valence-electron chi connectivity index (χ2n) is 5.05. The number of benzene rings is 1. The normalized spacial score (nSPS) is 10.4. The van der Waals surface area contributed by atoms with Crippen molar-refractivity contribution in [3.05, 3.63) is 39.9 Å².